The molecule has 0 bridgehead atoms. The maximum Gasteiger partial charge on any atom is 0.333 e. The summed E-state index contributed by atoms with van der Waals surface area (Å²) in [6.07, 6.45) is 3.40. The lowest BCUT2D eigenvalue weighted by molar-refractivity contribution is -0.144. The second kappa shape index (κ2) is 6.16. The first-order chi connectivity index (χ1) is 9.91. The zero-order valence-corrected chi connectivity index (χ0v) is 12.4. The Kier molecular flexibility index (Phi) is 4.50. The molecule has 0 heterocycles. The Bertz CT molecular complexity index is 514. The van der Waals surface area contributed by atoms with E-state index in [9.17, 15) is 14.7 Å². The standard InChI is InChI=1S/C16H22N2O3/c1-11(10-12-8-9-12)17-15(21)18-16(2,14(19)20)13-6-4-3-5-7-13/h3-7,11-12H,8-10H2,1-2H3,(H,19,20)(H2,17,18,21). The van der Waals surface area contributed by atoms with Crippen LogP contribution in [-0.4, -0.2) is 23.1 Å². The van der Waals surface area contributed by atoms with Gasteiger partial charge in [-0.3, -0.25) is 0 Å². The molecule has 2 amide bonds. The van der Waals surface area contributed by atoms with Crippen LogP contribution in [0, 0.1) is 5.92 Å². The number of urea groups is 1. The molecule has 3 N–H and O–H groups in total. The molecule has 0 aromatic heterocycles. The highest BCUT2D eigenvalue weighted by Crippen LogP contribution is 2.33. The average Bonchev–Trinajstić information content (AvgIpc) is 3.22. The van der Waals surface area contributed by atoms with Gasteiger partial charge >= 0.3 is 12.0 Å². The van der Waals surface area contributed by atoms with Crippen molar-refractivity contribution in [2.75, 3.05) is 0 Å². The number of carboxylic acid groups (broad SMARTS) is 1. The van der Waals surface area contributed by atoms with Gasteiger partial charge in [-0.1, -0.05) is 43.2 Å². The van der Waals surface area contributed by atoms with Gasteiger partial charge in [0.1, 0.15) is 0 Å². The van der Waals surface area contributed by atoms with Gasteiger partial charge in [-0.05, 0) is 31.7 Å². The summed E-state index contributed by atoms with van der Waals surface area (Å²) < 4.78 is 0. The van der Waals surface area contributed by atoms with Crippen molar-refractivity contribution in [3.8, 4) is 0 Å². The second-order valence-corrected chi connectivity index (χ2v) is 5.97. The van der Waals surface area contributed by atoms with Gasteiger partial charge in [0.15, 0.2) is 5.54 Å². The fraction of sp³-hybridized carbons (Fsp3) is 0.500. The predicted molar refractivity (Wildman–Crippen MR) is 79.9 cm³/mol. The summed E-state index contributed by atoms with van der Waals surface area (Å²) >= 11 is 0. The summed E-state index contributed by atoms with van der Waals surface area (Å²) in [5.41, 5.74) is -0.896. The molecule has 1 saturated carbocycles. The number of hydrogen-bond donors (Lipinski definition) is 3. The minimum atomic E-state index is -1.44. The number of aliphatic carboxylic acids is 1. The zero-order chi connectivity index (χ0) is 15.5. The van der Waals surface area contributed by atoms with Gasteiger partial charge in [0.05, 0.1) is 0 Å². The fourth-order valence-electron chi connectivity index (χ4n) is 2.42. The summed E-state index contributed by atoms with van der Waals surface area (Å²) in [7, 11) is 0. The lowest BCUT2D eigenvalue weighted by Crippen LogP contribution is -2.54. The van der Waals surface area contributed by atoms with E-state index in [4.69, 9.17) is 0 Å². The van der Waals surface area contributed by atoms with E-state index in [1.807, 2.05) is 13.0 Å². The molecule has 0 spiro atoms. The molecular formula is C16H22N2O3. The third-order valence-corrected chi connectivity index (χ3v) is 3.90. The molecule has 2 rings (SSSR count). The highest BCUT2D eigenvalue weighted by molar-refractivity contribution is 5.87. The monoisotopic (exact) mass is 290 g/mol. The fourth-order valence-corrected chi connectivity index (χ4v) is 2.42. The van der Waals surface area contributed by atoms with Crippen LogP contribution < -0.4 is 10.6 Å². The molecule has 114 valence electrons. The number of amides is 2. The highest BCUT2D eigenvalue weighted by atomic mass is 16.4. The van der Waals surface area contributed by atoms with Crippen LogP contribution in [0.2, 0.25) is 0 Å². The van der Waals surface area contributed by atoms with Crippen molar-refractivity contribution in [1.82, 2.24) is 10.6 Å². The van der Waals surface area contributed by atoms with Crippen molar-refractivity contribution in [3.05, 3.63) is 35.9 Å². The number of benzene rings is 1. The van der Waals surface area contributed by atoms with E-state index in [-0.39, 0.29) is 6.04 Å². The summed E-state index contributed by atoms with van der Waals surface area (Å²) in [5, 5.41) is 14.9. The van der Waals surface area contributed by atoms with Gasteiger partial charge in [0.25, 0.3) is 0 Å². The van der Waals surface area contributed by atoms with Crippen LogP contribution in [0.25, 0.3) is 0 Å². The maximum atomic E-state index is 12.1. The molecule has 5 nitrogen and oxygen atoms in total. The molecule has 0 aliphatic heterocycles. The number of carbonyl (C=O) groups is 2. The molecular weight excluding hydrogens is 268 g/mol. The van der Waals surface area contributed by atoms with E-state index in [0.29, 0.717) is 11.5 Å². The molecule has 5 heteroatoms. The number of carbonyl (C=O) groups excluding carboxylic acids is 1. The molecule has 21 heavy (non-hydrogen) atoms. The van der Waals surface area contributed by atoms with Crippen molar-refractivity contribution in [2.24, 2.45) is 5.92 Å². The Balaban J connectivity index is 2.02. The van der Waals surface area contributed by atoms with Crippen LogP contribution in [0.3, 0.4) is 0 Å². The maximum absolute atomic E-state index is 12.1. The lowest BCUT2D eigenvalue weighted by Gasteiger charge is -2.27. The molecule has 2 unspecified atom stereocenters. The topological polar surface area (TPSA) is 78.4 Å². The number of nitrogens with one attached hydrogen (secondary N) is 2. The van der Waals surface area contributed by atoms with Gasteiger partial charge in [0.2, 0.25) is 0 Å². The first-order valence-electron chi connectivity index (χ1n) is 7.29. The molecule has 1 aromatic rings. The van der Waals surface area contributed by atoms with Gasteiger partial charge in [-0.25, -0.2) is 9.59 Å². The van der Waals surface area contributed by atoms with Crippen molar-refractivity contribution in [3.63, 3.8) is 0 Å². The minimum absolute atomic E-state index is 0.0475. The van der Waals surface area contributed by atoms with Crippen LogP contribution in [0.1, 0.15) is 38.7 Å². The third-order valence-electron chi connectivity index (χ3n) is 3.90. The number of hydrogen-bond acceptors (Lipinski definition) is 2. The smallest absolute Gasteiger partial charge is 0.333 e. The minimum Gasteiger partial charge on any atom is -0.479 e. The van der Waals surface area contributed by atoms with E-state index in [0.717, 1.165) is 6.42 Å². The van der Waals surface area contributed by atoms with Crippen LogP contribution in [0.15, 0.2) is 30.3 Å². The van der Waals surface area contributed by atoms with E-state index >= 15 is 0 Å². The first kappa shape index (κ1) is 15.4. The second-order valence-electron chi connectivity index (χ2n) is 5.97. The van der Waals surface area contributed by atoms with Crippen LogP contribution in [0.4, 0.5) is 4.79 Å². The molecule has 0 saturated heterocycles. The molecule has 1 aliphatic rings. The molecule has 1 aliphatic carbocycles. The van der Waals surface area contributed by atoms with E-state index in [2.05, 4.69) is 10.6 Å². The van der Waals surface area contributed by atoms with Gasteiger partial charge < -0.3 is 15.7 Å². The van der Waals surface area contributed by atoms with Crippen molar-refractivity contribution >= 4 is 12.0 Å². The van der Waals surface area contributed by atoms with Gasteiger partial charge in [0, 0.05) is 6.04 Å². The van der Waals surface area contributed by atoms with E-state index < -0.39 is 17.5 Å². The summed E-state index contributed by atoms with van der Waals surface area (Å²) in [6, 6.07) is 8.31. The Labute approximate surface area is 124 Å². The SMILES string of the molecule is CC(CC1CC1)NC(=O)NC(C)(C(=O)O)c1ccccc1. The lowest BCUT2D eigenvalue weighted by atomic mass is 9.92. The Morgan fingerprint density at radius 1 is 1.33 bits per heavy atom. The molecule has 0 radical (unpaired) electrons. The molecule has 2 atom stereocenters. The van der Waals surface area contributed by atoms with Crippen LogP contribution >= 0.6 is 0 Å². The van der Waals surface area contributed by atoms with Crippen molar-refractivity contribution in [2.45, 2.75) is 44.7 Å². The summed E-state index contributed by atoms with van der Waals surface area (Å²) in [5.74, 6) is -0.376. The van der Waals surface area contributed by atoms with E-state index in [1.165, 1.54) is 19.8 Å². The van der Waals surface area contributed by atoms with Crippen molar-refractivity contribution in [1.29, 1.82) is 0 Å². The first-order valence-corrected chi connectivity index (χ1v) is 7.29. The number of rotatable bonds is 6. The molecule has 1 fully saturated rings. The molecule has 1 aromatic carbocycles. The Hall–Kier alpha value is -2.04. The van der Waals surface area contributed by atoms with Crippen molar-refractivity contribution < 1.29 is 14.7 Å². The Morgan fingerprint density at radius 2 is 1.95 bits per heavy atom. The summed E-state index contributed by atoms with van der Waals surface area (Å²) in [6.45, 7) is 3.44. The van der Waals surface area contributed by atoms with Crippen LogP contribution in [-0.2, 0) is 10.3 Å². The quantitative estimate of drug-likeness (QED) is 0.753. The zero-order valence-electron chi connectivity index (χ0n) is 12.4. The number of carboxylic acids is 1. The van der Waals surface area contributed by atoms with Gasteiger partial charge in [-0.2, -0.15) is 0 Å². The Morgan fingerprint density at radius 3 is 2.48 bits per heavy atom. The third kappa shape index (κ3) is 3.97. The van der Waals surface area contributed by atoms with Crippen LogP contribution in [0.5, 0.6) is 0 Å². The van der Waals surface area contributed by atoms with Gasteiger partial charge in [-0.15, -0.1) is 0 Å². The highest BCUT2D eigenvalue weighted by Gasteiger charge is 2.37. The largest absolute Gasteiger partial charge is 0.479 e. The van der Waals surface area contributed by atoms with E-state index in [1.54, 1.807) is 24.3 Å². The summed E-state index contributed by atoms with van der Waals surface area (Å²) in [4.78, 5) is 23.7. The average molecular weight is 290 g/mol. The predicted octanol–water partition coefficient (Wildman–Crippen LogP) is 2.47. The normalized spacial score (nSPS) is 18.4.